The van der Waals surface area contributed by atoms with Gasteiger partial charge in [0.15, 0.2) is 0 Å². The molecule has 0 saturated heterocycles. The Morgan fingerprint density at radius 1 is 1.26 bits per heavy atom. The standard InChI is InChI=1S/C12H19N3O3S/c1-8(9(2)13)12(16)15-7-10-3-5-11(6-4-10)19(14,17)18/h3-6,8-9H,7,13H2,1-2H3,(H,15,16)(H2,14,17,18). The molecule has 1 amide bonds. The Bertz CT molecular complexity index is 538. The Labute approximate surface area is 113 Å². The predicted octanol–water partition coefficient (Wildman–Crippen LogP) is -0.0665. The summed E-state index contributed by atoms with van der Waals surface area (Å²) in [6, 6.07) is 5.81. The number of benzene rings is 1. The summed E-state index contributed by atoms with van der Waals surface area (Å²) >= 11 is 0. The molecule has 0 fully saturated rings. The number of primary sulfonamides is 1. The molecule has 5 N–H and O–H groups in total. The van der Waals surface area contributed by atoms with Crippen molar-refractivity contribution in [2.75, 3.05) is 0 Å². The lowest BCUT2D eigenvalue weighted by molar-refractivity contribution is -0.125. The second kappa shape index (κ2) is 6.14. The van der Waals surface area contributed by atoms with Crippen molar-refractivity contribution in [3.05, 3.63) is 29.8 Å². The van der Waals surface area contributed by atoms with Crippen LogP contribution in [0.3, 0.4) is 0 Å². The van der Waals surface area contributed by atoms with Crippen LogP contribution in [-0.2, 0) is 21.4 Å². The zero-order valence-corrected chi connectivity index (χ0v) is 11.8. The van der Waals surface area contributed by atoms with Gasteiger partial charge in [0.2, 0.25) is 15.9 Å². The fourth-order valence-electron chi connectivity index (χ4n) is 1.39. The molecule has 7 heteroatoms. The molecule has 6 nitrogen and oxygen atoms in total. The van der Waals surface area contributed by atoms with Gasteiger partial charge in [-0.05, 0) is 24.6 Å². The van der Waals surface area contributed by atoms with Crippen LogP contribution >= 0.6 is 0 Å². The molecular weight excluding hydrogens is 266 g/mol. The van der Waals surface area contributed by atoms with E-state index in [0.29, 0.717) is 6.54 Å². The highest BCUT2D eigenvalue weighted by atomic mass is 32.2. The molecule has 0 saturated carbocycles. The topological polar surface area (TPSA) is 115 Å². The molecule has 19 heavy (non-hydrogen) atoms. The Hall–Kier alpha value is -1.44. The predicted molar refractivity (Wildman–Crippen MR) is 72.5 cm³/mol. The average molecular weight is 285 g/mol. The Balaban J connectivity index is 2.63. The van der Waals surface area contributed by atoms with E-state index in [2.05, 4.69) is 5.32 Å². The van der Waals surface area contributed by atoms with Crippen molar-refractivity contribution < 1.29 is 13.2 Å². The molecule has 2 atom stereocenters. The maximum absolute atomic E-state index is 11.7. The third-order valence-corrected chi connectivity index (χ3v) is 3.85. The number of sulfonamides is 1. The number of carbonyl (C=O) groups excluding carboxylic acids is 1. The minimum Gasteiger partial charge on any atom is -0.352 e. The summed E-state index contributed by atoms with van der Waals surface area (Å²) in [5.74, 6) is -0.408. The van der Waals surface area contributed by atoms with Gasteiger partial charge < -0.3 is 11.1 Å². The molecule has 2 unspecified atom stereocenters. The van der Waals surface area contributed by atoms with Crippen LogP contribution in [0.4, 0.5) is 0 Å². The fraction of sp³-hybridized carbons (Fsp3) is 0.417. The third kappa shape index (κ3) is 4.62. The van der Waals surface area contributed by atoms with Crippen molar-refractivity contribution in [1.82, 2.24) is 5.32 Å². The second-order valence-corrected chi connectivity index (χ2v) is 6.12. The van der Waals surface area contributed by atoms with Gasteiger partial charge in [0.1, 0.15) is 0 Å². The minimum atomic E-state index is -3.68. The van der Waals surface area contributed by atoms with Crippen LogP contribution in [0.15, 0.2) is 29.2 Å². The summed E-state index contributed by atoms with van der Waals surface area (Å²) in [6.07, 6.45) is 0. The molecule has 0 bridgehead atoms. The summed E-state index contributed by atoms with van der Waals surface area (Å²) in [6.45, 7) is 3.84. The molecule has 0 aliphatic carbocycles. The van der Waals surface area contributed by atoms with Crippen molar-refractivity contribution in [1.29, 1.82) is 0 Å². The van der Waals surface area contributed by atoms with Gasteiger partial charge in [-0.15, -0.1) is 0 Å². The summed E-state index contributed by atoms with van der Waals surface area (Å²) in [5.41, 5.74) is 6.42. The molecule has 0 aromatic heterocycles. The van der Waals surface area contributed by atoms with Crippen LogP contribution in [0.2, 0.25) is 0 Å². The summed E-state index contributed by atoms with van der Waals surface area (Å²) in [5, 5.41) is 7.73. The van der Waals surface area contributed by atoms with E-state index in [4.69, 9.17) is 10.9 Å². The molecule has 0 aliphatic heterocycles. The van der Waals surface area contributed by atoms with Crippen molar-refractivity contribution in [3.8, 4) is 0 Å². The first kappa shape index (κ1) is 15.6. The van der Waals surface area contributed by atoms with Crippen LogP contribution in [-0.4, -0.2) is 20.4 Å². The van der Waals surface area contributed by atoms with E-state index in [0.717, 1.165) is 5.56 Å². The molecule has 1 aromatic rings. The number of nitrogens with one attached hydrogen (secondary N) is 1. The molecule has 0 heterocycles. The van der Waals surface area contributed by atoms with E-state index in [1.54, 1.807) is 26.0 Å². The van der Waals surface area contributed by atoms with Crippen LogP contribution in [0, 0.1) is 5.92 Å². The van der Waals surface area contributed by atoms with Crippen molar-refractivity contribution >= 4 is 15.9 Å². The van der Waals surface area contributed by atoms with E-state index >= 15 is 0 Å². The van der Waals surface area contributed by atoms with Gasteiger partial charge in [-0.3, -0.25) is 4.79 Å². The highest BCUT2D eigenvalue weighted by Gasteiger charge is 2.16. The number of hydrogen-bond acceptors (Lipinski definition) is 4. The van der Waals surface area contributed by atoms with Gasteiger partial charge >= 0.3 is 0 Å². The third-order valence-electron chi connectivity index (χ3n) is 2.92. The zero-order valence-electron chi connectivity index (χ0n) is 11.0. The summed E-state index contributed by atoms with van der Waals surface area (Å²) in [4.78, 5) is 11.7. The summed E-state index contributed by atoms with van der Waals surface area (Å²) in [7, 11) is -3.68. The van der Waals surface area contributed by atoms with Gasteiger partial charge in [0, 0.05) is 18.5 Å². The molecule has 106 valence electrons. The number of amides is 1. The Kier molecular flexibility index (Phi) is 5.04. The first-order valence-electron chi connectivity index (χ1n) is 5.87. The van der Waals surface area contributed by atoms with E-state index in [1.165, 1.54) is 12.1 Å². The number of nitrogens with two attached hydrogens (primary N) is 2. The van der Waals surface area contributed by atoms with Gasteiger partial charge in [0.25, 0.3) is 0 Å². The van der Waals surface area contributed by atoms with Gasteiger partial charge in [-0.2, -0.15) is 0 Å². The first-order chi connectivity index (χ1) is 8.71. The van der Waals surface area contributed by atoms with Crippen LogP contribution in [0.25, 0.3) is 0 Å². The average Bonchev–Trinajstić information content (AvgIpc) is 2.34. The van der Waals surface area contributed by atoms with Gasteiger partial charge in [0.05, 0.1) is 4.90 Å². The molecule has 1 aromatic carbocycles. The molecule has 0 spiro atoms. The van der Waals surface area contributed by atoms with Gasteiger partial charge in [-0.1, -0.05) is 19.1 Å². The van der Waals surface area contributed by atoms with Gasteiger partial charge in [-0.25, -0.2) is 13.6 Å². The highest BCUT2D eigenvalue weighted by Crippen LogP contribution is 2.09. The monoisotopic (exact) mass is 285 g/mol. The maximum Gasteiger partial charge on any atom is 0.238 e. The van der Waals surface area contributed by atoms with E-state index in [-0.39, 0.29) is 22.8 Å². The van der Waals surface area contributed by atoms with E-state index in [1.807, 2.05) is 0 Å². The lowest BCUT2D eigenvalue weighted by Gasteiger charge is -2.15. The van der Waals surface area contributed by atoms with Crippen molar-refractivity contribution in [3.63, 3.8) is 0 Å². The zero-order chi connectivity index (χ0) is 14.6. The largest absolute Gasteiger partial charge is 0.352 e. The lowest BCUT2D eigenvalue weighted by Crippen LogP contribution is -2.38. The fourth-order valence-corrected chi connectivity index (χ4v) is 1.90. The molecule has 1 rings (SSSR count). The van der Waals surface area contributed by atoms with Crippen molar-refractivity contribution in [2.45, 2.75) is 31.3 Å². The number of carbonyl (C=O) groups is 1. The Morgan fingerprint density at radius 3 is 2.21 bits per heavy atom. The van der Waals surface area contributed by atoms with Crippen LogP contribution in [0.5, 0.6) is 0 Å². The first-order valence-corrected chi connectivity index (χ1v) is 7.41. The number of rotatable bonds is 5. The lowest BCUT2D eigenvalue weighted by atomic mass is 10.0. The normalized spacial score (nSPS) is 14.7. The maximum atomic E-state index is 11.7. The van der Waals surface area contributed by atoms with Crippen LogP contribution in [0.1, 0.15) is 19.4 Å². The molecular formula is C12H19N3O3S. The molecule has 0 aliphatic rings. The number of hydrogen-bond donors (Lipinski definition) is 3. The van der Waals surface area contributed by atoms with E-state index in [9.17, 15) is 13.2 Å². The summed E-state index contributed by atoms with van der Waals surface area (Å²) < 4.78 is 22.1. The van der Waals surface area contributed by atoms with Crippen molar-refractivity contribution in [2.24, 2.45) is 16.8 Å². The minimum absolute atomic E-state index is 0.0477. The smallest absolute Gasteiger partial charge is 0.238 e. The quantitative estimate of drug-likeness (QED) is 0.702. The molecule has 0 radical (unpaired) electrons. The highest BCUT2D eigenvalue weighted by molar-refractivity contribution is 7.89. The SMILES string of the molecule is CC(N)C(C)C(=O)NCc1ccc(S(N)(=O)=O)cc1. The Morgan fingerprint density at radius 2 is 1.79 bits per heavy atom. The second-order valence-electron chi connectivity index (χ2n) is 4.55. The van der Waals surface area contributed by atoms with Crippen LogP contribution < -0.4 is 16.2 Å². The van der Waals surface area contributed by atoms with E-state index < -0.39 is 10.0 Å².